The van der Waals surface area contributed by atoms with Crippen molar-refractivity contribution in [2.45, 2.75) is 117 Å². The van der Waals surface area contributed by atoms with Gasteiger partial charge in [0.05, 0.1) is 5.97 Å². The molecule has 25 heavy (non-hydrogen) atoms. The molecule has 0 aliphatic carbocycles. The van der Waals surface area contributed by atoms with Gasteiger partial charge in [-0.3, -0.25) is 4.90 Å². The third kappa shape index (κ3) is 17.6. The molecule has 3 nitrogen and oxygen atoms in total. The first kappa shape index (κ1) is 27.6. The second-order valence-corrected chi connectivity index (χ2v) is 7.27. The number of rotatable bonds is 18. The van der Waals surface area contributed by atoms with Crippen LogP contribution in [0.1, 0.15) is 111 Å². The molecule has 0 saturated heterocycles. The summed E-state index contributed by atoms with van der Waals surface area (Å²) in [5.74, 6) is -0.930. The van der Waals surface area contributed by atoms with E-state index in [1.54, 1.807) is 6.92 Å². The number of carbonyl (C=O) groups excluding carboxylic acids is 1. The molecule has 1 unspecified atom stereocenters. The van der Waals surface area contributed by atoms with E-state index in [1.165, 1.54) is 77.0 Å². The van der Waals surface area contributed by atoms with Crippen molar-refractivity contribution in [2.75, 3.05) is 13.1 Å². The summed E-state index contributed by atoms with van der Waals surface area (Å²) in [5.41, 5.74) is 0. The van der Waals surface area contributed by atoms with E-state index >= 15 is 0 Å². The average Bonchev–Trinajstić information content (AvgIpc) is 2.57. The van der Waals surface area contributed by atoms with Crippen molar-refractivity contribution in [3.63, 3.8) is 0 Å². The van der Waals surface area contributed by atoms with Crippen molar-refractivity contribution in [2.24, 2.45) is 0 Å². The van der Waals surface area contributed by atoms with Gasteiger partial charge in [0.15, 0.2) is 0 Å². The zero-order chi connectivity index (χ0) is 18.0. The predicted molar refractivity (Wildman–Crippen MR) is 102 cm³/mol. The van der Waals surface area contributed by atoms with Crippen molar-refractivity contribution in [1.29, 1.82) is 0 Å². The molecule has 0 aromatic carbocycles. The predicted octanol–water partition coefficient (Wildman–Crippen LogP) is 1.93. The van der Waals surface area contributed by atoms with E-state index < -0.39 is 12.0 Å². The van der Waals surface area contributed by atoms with E-state index in [4.69, 9.17) is 0 Å². The average molecular weight is 364 g/mol. The minimum atomic E-state index is -0.930. The summed E-state index contributed by atoms with van der Waals surface area (Å²) >= 11 is 0. The summed E-state index contributed by atoms with van der Waals surface area (Å²) in [6.45, 7) is 8.06. The molecule has 0 heterocycles. The monoisotopic (exact) mass is 363 g/mol. The Kier molecular flexibility index (Phi) is 22.9. The van der Waals surface area contributed by atoms with Crippen LogP contribution in [-0.4, -0.2) is 30.0 Å². The first-order chi connectivity index (χ1) is 11.6. The SMILES string of the molecule is CCCCCCCCCN(CCCCCCCCC)C(C)C(=O)[O-].[Na+]. The Labute approximate surface area is 179 Å². The summed E-state index contributed by atoms with van der Waals surface area (Å²) in [6, 6.07) is -0.454. The Morgan fingerprint density at radius 2 is 1.04 bits per heavy atom. The molecule has 0 rings (SSSR count). The van der Waals surface area contributed by atoms with E-state index in [1.807, 2.05) is 0 Å². The Balaban J connectivity index is 0. The van der Waals surface area contributed by atoms with E-state index in [0.29, 0.717) is 0 Å². The van der Waals surface area contributed by atoms with Crippen LogP contribution in [0.4, 0.5) is 0 Å². The number of carbonyl (C=O) groups is 1. The molecule has 144 valence electrons. The Bertz CT molecular complexity index is 269. The molecule has 0 saturated carbocycles. The molecule has 0 bridgehead atoms. The minimum Gasteiger partial charge on any atom is -0.548 e. The second-order valence-electron chi connectivity index (χ2n) is 7.27. The molecule has 1 atom stereocenters. The molecule has 0 amide bonds. The van der Waals surface area contributed by atoms with E-state index in [9.17, 15) is 9.90 Å². The molecule has 0 aromatic heterocycles. The van der Waals surface area contributed by atoms with Crippen LogP contribution in [0.5, 0.6) is 0 Å². The molecule has 4 heteroatoms. The Hall–Kier alpha value is 0.430. The third-order valence-corrected chi connectivity index (χ3v) is 4.99. The van der Waals surface area contributed by atoms with Crippen molar-refractivity contribution in [3.05, 3.63) is 0 Å². The van der Waals surface area contributed by atoms with Crippen LogP contribution < -0.4 is 34.7 Å². The van der Waals surface area contributed by atoms with Gasteiger partial charge in [-0.05, 0) is 32.9 Å². The van der Waals surface area contributed by atoms with Crippen LogP contribution in [0, 0.1) is 0 Å². The normalized spacial score (nSPS) is 12.2. The van der Waals surface area contributed by atoms with Crippen LogP contribution in [0.2, 0.25) is 0 Å². The van der Waals surface area contributed by atoms with Crippen LogP contribution in [0.15, 0.2) is 0 Å². The topological polar surface area (TPSA) is 43.4 Å². The fourth-order valence-electron chi connectivity index (χ4n) is 3.19. The van der Waals surface area contributed by atoms with Gasteiger partial charge in [-0.15, -0.1) is 0 Å². The summed E-state index contributed by atoms with van der Waals surface area (Å²) in [4.78, 5) is 13.3. The van der Waals surface area contributed by atoms with Gasteiger partial charge in [0.25, 0.3) is 0 Å². The van der Waals surface area contributed by atoms with Gasteiger partial charge < -0.3 is 9.90 Å². The Morgan fingerprint density at radius 1 is 0.720 bits per heavy atom. The smallest absolute Gasteiger partial charge is 0.548 e. The van der Waals surface area contributed by atoms with Crippen molar-refractivity contribution in [1.82, 2.24) is 4.90 Å². The maximum absolute atomic E-state index is 11.2. The Morgan fingerprint density at radius 3 is 1.36 bits per heavy atom. The molecule has 0 radical (unpaired) electrons. The van der Waals surface area contributed by atoms with Gasteiger partial charge in [-0.2, -0.15) is 0 Å². The number of nitrogens with zero attached hydrogens (tertiary/aromatic N) is 1. The largest absolute Gasteiger partial charge is 1.00 e. The third-order valence-electron chi connectivity index (χ3n) is 4.99. The summed E-state index contributed by atoms with van der Waals surface area (Å²) in [6.07, 6.45) is 17.8. The maximum Gasteiger partial charge on any atom is 1.00 e. The minimum absolute atomic E-state index is 0. The first-order valence-electron chi connectivity index (χ1n) is 10.6. The fraction of sp³-hybridized carbons (Fsp3) is 0.952. The second kappa shape index (κ2) is 20.7. The molecule has 0 aliphatic heterocycles. The van der Waals surface area contributed by atoms with Crippen LogP contribution in [-0.2, 0) is 4.79 Å². The molecule has 0 fully saturated rings. The van der Waals surface area contributed by atoms with Crippen LogP contribution >= 0.6 is 0 Å². The molecular weight excluding hydrogens is 321 g/mol. The van der Waals surface area contributed by atoms with Crippen molar-refractivity contribution in [3.8, 4) is 0 Å². The number of hydrogen-bond donors (Lipinski definition) is 0. The van der Waals surface area contributed by atoms with Crippen molar-refractivity contribution >= 4 is 5.97 Å². The number of aliphatic carboxylic acids is 1. The molecular formula is C21H42NNaO2. The standard InChI is InChI=1S/C21H43NO2.Na/c1-4-6-8-10-12-14-16-18-22(20(3)21(23)24)19-17-15-13-11-9-7-5-2;/h20H,4-19H2,1-3H3,(H,23,24);/q;+1/p-1. The van der Waals surface area contributed by atoms with Gasteiger partial charge in [0, 0.05) is 6.04 Å². The van der Waals surface area contributed by atoms with Crippen LogP contribution in [0.3, 0.4) is 0 Å². The molecule has 0 aliphatic rings. The van der Waals surface area contributed by atoms with Gasteiger partial charge in [0.2, 0.25) is 0 Å². The summed E-state index contributed by atoms with van der Waals surface area (Å²) in [7, 11) is 0. The van der Waals surface area contributed by atoms with Gasteiger partial charge in [-0.1, -0.05) is 90.9 Å². The molecule has 0 spiro atoms. The summed E-state index contributed by atoms with van der Waals surface area (Å²) < 4.78 is 0. The number of carboxylic acids is 1. The zero-order valence-electron chi connectivity index (χ0n) is 17.7. The van der Waals surface area contributed by atoms with Crippen molar-refractivity contribution < 1.29 is 39.5 Å². The molecule has 0 N–H and O–H groups in total. The van der Waals surface area contributed by atoms with Gasteiger partial charge in [0.1, 0.15) is 0 Å². The number of carboxylic acid groups (broad SMARTS) is 1. The maximum atomic E-state index is 11.2. The zero-order valence-corrected chi connectivity index (χ0v) is 19.7. The quantitative estimate of drug-likeness (QED) is 0.276. The summed E-state index contributed by atoms with van der Waals surface area (Å²) in [5, 5.41) is 11.2. The van der Waals surface area contributed by atoms with Gasteiger partial charge in [-0.25, -0.2) is 0 Å². The van der Waals surface area contributed by atoms with E-state index in [2.05, 4.69) is 18.7 Å². The van der Waals surface area contributed by atoms with Crippen LogP contribution in [0.25, 0.3) is 0 Å². The van der Waals surface area contributed by atoms with E-state index in [0.717, 1.165) is 25.9 Å². The number of unbranched alkanes of at least 4 members (excludes halogenated alkanes) is 12. The van der Waals surface area contributed by atoms with Gasteiger partial charge >= 0.3 is 29.6 Å². The number of hydrogen-bond acceptors (Lipinski definition) is 3. The first-order valence-corrected chi connectivity index (χ1v) is 10.6. The molecule has 0 aromatic rings. The fourth-order valence-corrected chi connectivity index (χ4v) is 3.19. The van der Waals surface area contributed by atoms with E-state index in [-0.39, 0.29) is 29.6 Å².